The van der Waals surface area contributed by atoms with E-state index in [0.717, 1.165) is 5.69 Å². The van der Waals surface area contributed by atoms with Crippen LogP contribution in [-0.2, 0) is 0 Å². The number of hydrogen-bond donors (Lipinski definition) is 1. The van der Waals surface area contributed by atoms with E-state index in [1.165, 1.54) is 11.1 Å². The predicted molar refractivity (Wildman–Crippen MR) is 57.9 cm³/mol. The lowest BCUT2D eigenvalue weighted by Crippen LogP contribution is -1.90. The van der Waals surface area contributed by atoms with Crippen molar-refractivity contribution in [2.24, 2.45) is 0 Å². The Morgan fingerprint density at radius 2 is 2.08 bits per heavy atom. The van der Waals surface area contributed by atoms with Crippen LogP contribution in [0.4, 0.5) is 5.69 Å². The molecule has 1 aromatic carbocycles. The molecular formula is C12H15N. The fraction of sp³-hybridized carbons (Fsp3) is 0.250. The lowest BCUT2D eigenvalue weighted by Gasteiger charge is -2.04. The highest BCUT2D eigenvalue weighted by Gasteiger charge is 1.94. The summed E-state index contributed by atoms with van der Waals surface area (Å²) in [5.74, 6) is 0. The van der Waals surface area contributed by atoms with Gasteiger partial charge in [0.1, 0.15) is 0 Å². The van der Waals surface area contributed by atoms with Gasteiger partial charge in [0.15, 0.2) is 0 Å². The highest BCUT2D eigenvalue weighted by atomic mass is 14.8. The second kappa shape index (κ2) is 4.54. The van der Waals surface area contributed by atoms with Crippen molar-refractivity contribution in [1.29, 1.82) is 0 Å². The standard InChI is InChI=1S/C12H15N/c1-4-5-8-13-12-7-6-10(2)9-11(12)3/h4,6-9,13H,1-3H3. The van der Waals surface area contributed by atoms with Crippen LogP contribution in [0.1, 0.15) is 18.1 Å². The van der Waals surface area contributed by atoms with Gasteiger partial charge in [-0.3, -0.25) is 0 Å². The first-order chi connectivity index (χ1) is 6.24. The Kier molecular flexibility index (Phi) is 3.36. The van der Waals surface area contributed by atoms with E-state index in [0.29, 0.717) is 0 Å². The number of rotatable bonds is 2. The Labute approximate surface area is 79.8 Å². The summed E-state index contributed by atoms with van der Waals surface area (Å²) in [4.78, 5) is 0. The molecule has 0 atom stereocenters. The normalized spacial score (nSPS) is 8.85. The smallest absolute Gasteiger partial charge is 0.0438 e. The van der Waals surface area contributed by atoms with Gasteiger partial charge in [0.25, 0.3) is 0 Å². The Bertz CT molecular complexity index is 344. The molecule has 0 bridgehead atoms. The van der Waals surface area contributed by atoms with Gasteiger partial charge in [-0.2, -0.15) is 0 Å². The van der Waals surface area contributed by atoms with Crippen LogP contribution in [0.15, 0.2) is 36.2 Å². The summed E-state index contributed by atoms with van der Waals surface area (Å²) in [6.07, 6.45) is 3.69. The summed E-state index contributed by atoms with van der Waals surface area (Å²) in [6.45, 7) is 6.14. The maximum absolute atomic E-state index is 3.17. The summed E-state index contributed by atoms with van der Waals surface area (Å²) in [6, 6.07) is 6.34. The summed E-state index contributed by atoms with van der Waals surface area (Å²) >= 11 is 0. The van der Waals surface area contributed by atoms with Crippen molar-refractivity contribution in [2.45, 2.75) is 20.8 Å². The van der Waals surface area contributed by atoms with E-state index in [2.05, 4.69) is 43.1 Å². The zero-order valence-electron chi connectivity index (χ0n) is 8.39. The minimum absolute atomic E-state index is 1.14. The zero-order valence-corrected chi connectivity index (χ0v) is 8.39. The van der Waals surface area contributed by atoms with Crippen molar-refractivity contribution >= 4 is 5.69 Å². The monoisotopic (exact) mass is 173 g/mol. The lowest BCUT2D eigenvalue weighted by atomic mass is 10.1. The molecule has 1 rings (SSSR count). The number of hydrogen-bond acceptors (Lipinski definition) is 1. The summed E-state index contributed by atoms with van der Waals surface area (Å²) in [5.41, 5.74) is 6.66. The SMILES string of the molecule is CC=C=CNc1ccc(C)cc1C. The van der Waals surface area contributed by atoms with E-state index >= 15 is 0 Å². The molecule has 68 valence electrons. The Balaban J connectivity index is 2.84. The van der Waals surface area contributed by atoms with E-state index in [-0.39, 0.29) is 0 Å². The number of allylic oxidation sites excluding steroid dienone is 1. The number of benzene rings is 1. The largest absolute Gasteiger partial charge is 0.355 e. The predicted octanol–water partition coefficient (Wildman–Crippen LogP) is 3.40. The number of aryl methyl sites for hydroxylation is 2. The van der Waals surface area contributed by atoms with Crippen LogP contribution >= 0.6 is 0 Å². The van der Waals surface area contributed by atoms with E-state index in [4.69, 9.17) is 0 Å². The van der Waals surface area contributed by atoms with Gasteiger partial charge in [-0.05, 0) is 38.5 Å². The Morgan fingerprint density at radius 1 is 1.31 bits per heavy atom. The van der Waals surface area contributed by atoms with Gasteiger partial charge in [0.2, 0.25) is 0 Å². The fourth-order valence-corrected chi connectivity index (χ4v) is 1.18. The third kappa shape index (κ3) is 2.81. The summed E-state index contributed by atoms with van der Waals surface area (Å²) in [5, 5.41) is 3.17. The van der Waals surface area contributed by atoms with Gasteiger partial charge in [-0.1, -0.05) is 17.7 Å². The topological polar surface area (TPSA) is 12.0 Å². The molecule has 0 aliphatic heterocycles. The van der Waals surface area contributed by atoms with Gasteiger partial charge >= 0.3 is 0 Å². The molecule has 0 aliphatic carbocycles. The molecule has 1 N–H and O–H groups in total. The Hall–Kier alpha value is -1.46. The molecule has 0 amide bonds. The van der Waals surface area contributed by atoms with Crippen molar-refractivity contribution in [1.82, 2.24) is 0 Å². The van der Waals surface area contributed by atoms with Gasteiger partial charge in [0.05, 0.1) is 0 Å². The second-order valence-electron chi connectivity index (χ2n) is 3.06. The van der Waals surface area contributed by atoms with E-state index in [1.54, 1.807) is 0 Å². The molecular weight excluding hydrogens is 158 g/mol. The molecule has 0 fully saturated rings. The molecule has 0 aliphatic rings. The first-order valence-electron chi connectivity index (χ1n) is 4.43. The average Bonchev–Trinajstić information content (AvgIpc) is 2.09. The van der Waals surface area contributed by atoms with Gasteiger partial charge in [-0.15, -0.1) is 5.73 Å². The summed E-state index contributed by atoms with van der Waals surface area (Å²) < 4.78 is 0. The minimum atomic E-state index is 1.14. The molecule has 0 radical (unpaired) electrons. The first-order valence-corrected chi connectivity index (χ1v) is 4.43. The van der Waals surface area contributed by atoms with E-state index in [1.807, 2.05) is 19.2 Å². The van der Waals surface area contributed by atoms with E-state index in [9.17, 15) is 0 Å². The molecule has 0 unspecified atom stereocenters. The van der Waals surface area contributed by atoms with Crippen LogP contribution in [0.3, 0.4) is 0 Å². The van der Waals surface area contributed by atoms with Crippen LogP contribution < -0.4 is 5.32 Å². The molecule has 0 aromatic heterocycles. The third-order valence-corrected chi connectivity index (χ3v) is 1.86. The molecule has 1 heteroatoms. The zero-order chi connectivity index (χ0) is 9.68. The van der Waals surface area contributed by atoms with Crippen LogP contribution in [0.25, 0.3) is 0 Å². The van der Waals surface area contributed by atoms with Crippen LogP contribution in [0, 0.1) is 13.8 Å². The third-order valence-electron chi connectivity index (χ3n) is 1.86. The van der Waals surface area contributed by atoms with Crippen LogP contribution in [-0.4, -0.2) is 0 Å². The highest BCUT2D eigenvalue weighted by molar-refractivity contribution is 5.53. The number of anilines is 1. The number of nitrogens with one attached hydrogen (secondary N) is 1. The lowest BCUT2D eigenvalue weighted by molar-refractivity contribution is 1.37. The molecule has 0 saturated heterocycles. The van der Waals surface area contributed by atoms with Crippen LogP contribution in [0.5, 0.6) is 0 Å². The van der Waals surface area contributed by atoms with Crippen molar-refractivity contribution in [3.8, 4) is 0 Å². The van der Waals surface area contributed by atoms with Gasteiger partial charge in [0, 0.05) is 11.9 Å². The molecule has 0 saturated carbocycles. The molecule has 0 heterocycles. The fourth-order valence-electron chi connectivity index (χ4n) is 1.18. The maximum Gasteiger partial charge on any atom is 0.0438 e. The first kappa shape index (κ1) is 9.63. The minimum Gasteiger partial charge on any atom is -0.355 e. The Morgan fingerprint density at radius 3 is 2.69 bits per heavy atom. The molecule has 0 spiro atoms. The quantitative estimate of drug-likeness (QED) is 0.676. The van der Waals surface area contributed by atoms with Gasteiger partial charge in [-0.25, -0.2) is 0 Å². The average molecular weight is 173 g/mol. The van der Waals surface area contributed by atoms with Crippen molar-refractivity contribution in [2.75, 3.05) is 5.32 Å². The molecule has 1 aromatic rings. The molecule has 13 heavy (non-hydrogen) atoms. The highest BCUT2D eigenvalue weighted by Crippen LogP contribution is 2.15. The van der Waals surface area contributed by atoms with Gasteiger partial charge < -0.3 is 5.32 Å². The van der Waals surface area contributed by atoms with Crippen molar-refractivity contribution in [3.05, 3.63) is 47.3 Å². The second-order valence-corrected chi connectivity index (χ2v) is 3.06. The van der Waals surface area contributed by atoms with E-state index < -0.39 is 0 Å². The maximum atomic E-state index is 3.17. The molecule has 1 nitrogen and oxygen atoms in total. The van der Waals surface area contributed by atoms with Crippen molar-refractivity contribution < 1.29 is 0 Å². The van der Waals surface area contributed by atoms with Crippen molar-refractivity contribution in [3.63, 3.8) is 0 Å². The summed E-state index contributed by atoms with van der Waals surface area (Å²) in [7, 11) is 0. The van der Waals surface area contributed by atoms with Crippen LogP contribution in [0.2, 0.25) is 0 Å².